The summed E-state index contributed by atoms with van der Waals surface area (Å²) in [5.74, 6) is 3.44. The summed E-state index contributed by atoms with van der Waals surface area (Å²) in [6.45, 7) is 7.84. The van der Waals surface area contributed by atoms with Gasteiger partial charge in [0.05, 0.1) is 56.4 Å². The van der Waals surface area contributed by atoms with Crippen molar-refractivity contribution in [1.82, 2.24) is 34.5 Å². The van der Waals surface area contributed by atoms with Gasteiger partial charge in [0, 0.05) is 31.6 Å². The van der Waals surface area contributed by atoms with Gasteiger partial charge in [-0.05, 0) is 69.1 Å². The Bertz CT molecular complexity index is 2460. The molecule has 0 N–H and O–H groups in total. The van der Waals surface area contributed by atoms with Crippen molar-refractivity contribution in [3.05, 3.63) is 65.9 Å². The SMILES string of the molecule is COc1cc(CN2CCOc3cnc(-c4c(OC)nc[n+](CC5(C)OB(c6c(OC)ncnc6C6CC6)OC5(C)C)c4C4CC4)nc32)ccc1-c1nc(C(F)(F)F)cn1C. The lowest BCUT2D eigenvalue weighted by molar-refractivity contribution is -0.719. The number of benzene rings is 1. The predicted octanol–water partition coefficient (Wildman–Crippen LogP) is 5.19. The summed E-state index contributed by atoms with van der Waals surface area (Å²) in [4.78, 5) is 29.7. The van der Waals surface area contributed by atoms with Crippen LogP contribution in [0.1, 0.15) is 80.9 Å². The summed E-state index contributed by atoms with van der Waals surface area (Å²) in [5, 5.41) is 0. The molecule has 4 aromatic heterocycles. The van der Waals surface area contributed by atoms with E-state index in [9.17, 15) is 13.2 Å². The molecule has 15 nitrogen and oxygen atoms in total. The number of methoxy groups -OCH3 is 3. The fraction of sp³-hybridized carbons (Fsp3) is 0.488. The van der Waals surface area contributed by atoms with Crippen molar-refractivity contribution >= 4 is 18.4 Å². The maximum atomic E-state index is 13.5. The highest BCUT2D eigenvalue weighted by molar-refractivity contribution is 6.63. The average Bonchev–Trinajstić information content (AvgIpc) is 4.17. The molecule has 314 valence electrons. The molecule has 1 saturated heterocycles. The number of imidazole rings is 1. The fourth-order valence-corrected chi connectivity index (χ4v) is 8.14. The number of aryl methyl sites for hydroxylation is 1. The smallest absolute Gasteiger partial charge is 0.496 e. The van der Waals surface area contributed by atoms with Gasteiger partial charge in [-0.1, -0.05) is 6.07 Å². The van der Waals surface area contributed by atoms with Gasteiger partial charge in [0.2, 0.25) is 5.88 Å². The second-order valence-electron chi connectivity index (χ2n) is 16.4. The number of hydrogen-bond acceptors (Lipinski definition) is 13. The van der Waals surface area contributed by atoms with E-state index >= 15 is 0 Å². The van der Waals surface area contributed by atoms with Crippen LogP contribution in [0.25, 0.3) is 22.8 Å². The van der Waals surface area contributed by atoms with E-state index in [1.54, 1.807) is 32.8 Å². The first-order valence-electron chi connectivity index (χ1n) is 20.0. The number of ether oxygens (including phenoxy) is 4. The predicted molar refractivity (Wildman–Crippen MR) is 211 cm³/mol. The Labute approximate surface area is 345 Å². The van der Waals surface area contributed by atoms with Gasteiger partial charge in [-0.15, -0.1) is 0 Å². The molecule has 1 atom stereocenters. The van der Waals surface area contributed by atoms with Crippen molar-refractivity contribution in [3.8, 4) is 46.0 Å². The molecule has 60 heavy (non-hydrogen) atoms. The second-order valence-corrected chi connectivity index (χ2v) is 16.4. The molecular formula is C41H46BF3N9O6+. The molecule has 1 unspecified atom stereocenters. The third-order valence-corrected chi connectivity index (χ3v) is 12.0. The Morgan fingerprint density at radius 1 is 0.933 bits per heavy atom. The first-order valence-corrected chi connectivity index (χ1v) is 20.0. The minimum Gasteiger partial charge on any atom is -0.496 e. The number of anilines is 1. The molecular weight excluding hydrogens is 782 g/mol. The van der Waals surface area contributed by atoms with Gasteiger partial charge in [0.1, 0.15) is 42.3 Å². The van der Waals surface area contributed by atoms with Gasteiger partial charge >= 0.3 is 19.2 Å². The van der Waals surface area contributed by atoms with Gasteiger partial charge in [-0.3, -0.25) is 0 Å². The highest BCUT2D eigenvalue weighted by Crippen LogP contribution is 2.47. The summed E-state index contributed by atoms with van der Waals surface area (Å²) in [6.07, 6.45) is 5.42. The van der Waals surface area contributed by atoms with Crippen LogP contribution in [-0.2, 0) is 35.6 Å². The zero-order valence-electron chi connectivity index (χ0n) is 34.5. The molecule has 3 fully saturated rings. The van der Waals surface area contributed by atoms with Gasteiger partial charge in [0.25, 0.3) is 6.33 Å². The molecule has 0 spiro atoms. The van der Waals surface area contributed by atoms with Crippen LogP contribution in [0.15, 0.2) is 43.2 Å². The molecule has 0 amide bonds. The normalized spacial score (nSPS) is 19.9. The van der Waals surface area contributed by atoms with Gasteiger partial charge in [-0.2, -0.15) is 13.2 Å². The Hall–Kier alpha value is -5.56. The van der Waals surface area contributed by atoms with Gasteiger partial charge in [0.15, 0.2) is 28.6 Å². The van der Waals surface area contributed by atoms with Crippen molar-refractivity contribution in [2.45, 2.75) is 88.8 Å². The monoisotopic (exact) mass is 828 g/mol. The molecule has 0 radical (unpaired) electrons. The van der Waals surface area contributed by atoms with E-state index in [0.717, 1.165) is 54.3 Å². The average molecular weight is 829 g/mol. The Morgan fingerprint density at radius 2 is 1.70 bits per heavy atom. The van der Waals surface area contributed by atoms with Crippen molar-refractivity contribution in [1.29, 1.82) is 0 Å². The Morgan fingerprint density at radius 3 is 2.38 bits per heavy atom. The summed E-state index contributed by atoms with van der Waals surface area (Å²) < 4.78 is 80.8. The number of hydrogen-bond donors (Lipinski definition) is 0. The lowest BCUT2D eigenvalue weighted by atomic mass is 9.77. The molecule has 19 heteroatoms. The molecule has 9 rings (SSSR count). The number of fused-ring (bicyclic) bond motifs is 1. The number of halogens is 3. The van der Waals surface area contributed by atoms with Gasteiger partial charge < -0.3 is 37.7 Å². The molecule has 6 heterocycles. The van der Waals surface area contributed by atoms with Gasteiger partial charge in [-0.25, -0.2) is 29.5 Å². The lowest BCUT2D eigenvalue weighted by Gasteiger charge is -2.35. The zero-order valence-corrected chi connectivity index (χ0v) is 34.5. The second kappa shape index (κ2) is 14.9. The van der Waals surface area contributed by atoms with Crippen molar-refractivity contribution < 1.29 is 46.0 Å². The third-order valence-electron chi connectivity index (χ3n) is 12.0. The van der Waals surface area contributed by atoms with Crippen LogP contribution in [0.4, 0.5) is 19.0 Å². The van der Waals surface area contributed by atoms with Crippen LogP contribution >= 0.6 is 0 Å². The minimum absolute atomic E-state index is 0.145. The highest BCUT2D eigenvalue weighted by atomic mass is 19.4. The van der Waals surface area contributed by atoms with E-state index in [-0.39, 0.29) is 11.7 Å². The summed E-state index contributed by atoms with van der Waals surface area (Å²) in [5.41, 5.74) is 2.03. The van der Waals surface area contributed by atoms with Crippen molar-refractivity contribution in [3.63, 3.8) is 0 Å². The van der Waals surface area contributed by atoms with E-state index in [2.05, 4.69) is 31.3 Å². The van der Waals surface area contributed by atoms with Crippen LogP contribution < -0.4 is 33.9 Å². The largest absolute Gasteiger partial charge is 0.502 e. The molecule has 0 bridgehead atoms. The maximum Gasteiger partial charge on any atom is 0.502 e. The van der Waals surface area contributed by atoms with Crippen LogP contribution in [0.5, 0.6) is 23.3 Å². The number of aromatic nitrogens is 8. The molecule has 2 aliphatic carbocycles. The molecule has 2 saturated carbocycles. The number of nitrogens with zero attached hydrogens (tertiary/aromatic N) is 9. The van der Waals surface area contributed by atoms with E-state index < -0.39 is 30.2 Å². The zero-order chi connectivity index (χ0) is 42.1. The van der Waals surface area contributed by atoms with Crippen LogP contribution in [-0.4, -0.2) is 87.3 Å². The number of rotatable bonds is 12. The Balaban J connectivity index is 1.04. The van der Waals surface area contributed by atoms with E-state index in [1.165, 1.54) is 25.1 Å². The van der Waals surface area contributed by atoms with Crippen molar-refractivity contribution in [2.24, 2.45) is 7.05 Å². The Kier molecular flexibility index (Phi) is 9.88. The molecule has 5 aromatic rings. The van der Waals surface area contributed by atoms with Crippen LogP contribution in [0, 0.1) is 0 Å². The molecule has 2 aliphatic heterocycles. The standard InChI is InChI=1S/C41H46BF3N9O6/c1-39(2)40(3,60-42(59-39)31-32(24-9-10-24)47-21-48-38(31)57-7)20-54-22-49-37(56-6)30(33(54)25-11-12-25)34-46-17-28-36(51-34)53(14-15-58-28)18-23-8-13-26(27(16-23)55-5)35-50-29(19-52(35)4)41(43,44)45/h8,13,16-17,19,21-22,24-25H,9-12,14-15,18,20H2,1-7H3/q+1. The summed E-state index contributed by atoms with van der Waals surface area (Å²) in [7, 11) is 5.45. The first kappa shape index (κ1) is 39.9. The van der Waals surface area contributed by atoms with Crippen molar-refractivity contribution in [2.75, 3.05) is 39.4 Å². The quantitative estimate of drug-likeness (QED) is 0.120. The highest BCUT2D eigenvalue weighted by Gasteiger charge is 2.58. The van der Waals surface area contributed by atoms with E-state index in [0.29, 0.717) is 78.2 Å². The molecule has 1 aromatic carbocycles. The third kappa shape index (κ3) is 7.14. The lowest BCUT2D eigenvalue weighted by Crippen LogP contribution is -2.57. The maximum absolute atomic E-state index is 13.5. The van der Waals surface area contributed by atoms with Crippen LogP contribution in [0.3, 0.4) is 0 Å². The minimum atomic E-state index is -4.57. The fourth-order valence-electron chi connectivity index (χ4n) is 8.14. The van der Waals surface area contributed by atoms with Crippen LogP contribution in [0.2, 0.25) is 0 Å². The summed E-state index contributed by atoms with van der Waals surface area (Å²) >= 11 is 0. The molecule has 4 aliphatic rings. The first-order chi connectivity index (χ1) is 28.7. The van der Waals surface area contributed by atoms with E-state index in [4.69, 9.17) is 43.2 Å². The number of alkyl halides is 3. The topological polar surface area (TPSA) is 145 Å². The summed E-state index contributed by atoms with van der Waals surface area (Å²) in [6, 6.07) is 5.38. The van der Waals surface area contributed by atoms with E-state index in [1.807, 2.05) is 26.0 Å².